The number of pyridine rings is 1. The van der Waals surface area contributed by atoms with Gasteiger partial charge in [0.15, 0.2) is 5.76 Å². The van der Waals surface area contributed by atoms with Gasteiger partial charge in [-0.15, -0.1) is 0 Å². The fourth-order valence-electron chi connectivity index (χ4n) is 4.05. The van der Waals surface area contributed by atoms with Gasteiger partial charge in [-0.05, 0) is 42.0 Å². The Morgan fingerprint density at radius 2 is 1.62 bits per heavy atom. The van der Waals surface area contributed by atoms with Crippen LogP contribution in [-0.4, -0.2) is 25.8 Å². The van der Waals surface area contributed by atoms with Crippen LogP contribution in [-0.2, 0) is 28.2 Å². The minimum absolute atomic E-state index is 0.182. The van der Waals surface area contributed by atoms with Crippen molar-refractivity contribution in [2.45, 2.75) is 23.8 Å². The van der Waals surface area contributed by atoms with Gasteiger partial charge in [-0.2, -0.15) is 41.0 Å². The third kappa shape index (κ3) is 6.14. The molecule has 222 valence electrons. The molecular formula is C27H18F8N2O4S. The highest BCUT2D eigenvalue weighted by atomic mass is 32.3. The number of nitrogens with zero attached hydrogens (tertiary/aromatic N) is 2. The van der Waals surface area contributed by atoms with Crippen LogP contribution in [0.4, 0.5) is 35.1 Å². The summed E-state index contributed by atoms with van der Waals surface area (Å²) in [5.74, 6) is -2.63. The van der Waals surface area contributed by atoms with Crippen LogP contribution in [0.5, 0.6) is 0 Å². The zero-order valence-electron chi connectivity index (χ0n) is 21.4. The maximum atomic E-state index is 14.4. The lowest BCUT2D eigenvalue weighted by Gasteiger charge is -2.34. The van der Waals surface area contributed by atoms with E-state index in [4.69, 9.17) is 4.42 Å². The molecule has 15 heteroatoms. The van der Waals surface area contributed by atoms with Crippen molar-refractivity contribution < 1.29 is 48.3 Å². The summed E-state index contributed by atoms with van der Waals surface area (Å²) < 4.78 is 139. The number of aromatic nitrogens is 1. The van der Waals surface area contributed by atoms with Crippen LogP contribution in [0.1, 0.15) is 22.3 Å². The van der Waals surface area contributed by atoms with E-state index < -0.39 is 78.5 Å². The Labute approximate surface area is 231 Å². The van der Waals surface area contributed by atoms with Gasteiger partial charge in [0, 0.05) is 29.7 Å². The van der Waals surface area contributed by atoms with E-state index >= 15 is 0 Å². The molecule has 0 aliphatic rings. The molecule has 0 amide bonds. The highest BCUT2D eigenvalue weighted by molar-refractivity contribution is 8.14. The third-order valence-corrected chi connectivity index (χ3v) is 7.73. The Bertz CT molecular complexity index is 1880. The van der Waals surface area contributed by atoms with Gasteiger partial charge in [-0.1, -0.05) is 6.07 Å². The Hall–Kier alpha value is -4.29. The van der Waals surface area contributed by atoms with E-state index in [1.165, 1.54) is 6.07 Å². The standard InChI is InChI=1S/C27H18F8N2O4S/c1-42(2,39,40)19-6-15(5-17(8-19)26(30,31)32)16-7-24(41-13-16)23-10-21(27(33,34)35)20(11-36)25(38)37(23)12-14-3-4-18(28)9-22(14)29/h3-10,13H,12H2,1-2H3,(H,39,40). The summed E-state index contributed by atoms with van der Waals surface area (Å²) in [6.07, 6.45) is -7.65. The van der Waals surface area contributed by atoms with E-state index in [9.17, 15) is 53.9 Å². The highest BCUT2D eigenvalue weighted by Gasteiger charge is 2.37. The molecule has 0 fully saturated rings. The molecule has 0 bridgehead atoms. The molecule has 0 spiro atoms. The molecule has 2 aromatic heterocycles. The monoisotopic (exact) mass is 618 g/mol. The normalized spacial score (nSPS) is 13.4. The molecule has 42 heavy (non-hydrogen) atoms. The average molecular weight is 619 g/mol. The topological polar surface area (TPSA) is 96.2 Å². The second-order valence-corrected chi connectivity index (χ2v) is 13.8. The van der Waals surface area contributed by atoms with Gasteiger partial charge in [0.25, 0.3) is 5.56 Å². The van der Waals surface area contributed by atoms with Crippen molar-refractivity contribution in [2.75, 3.05) is 12.5 Å². The van der Waals surface area contributed by atoms with Gasteiger partial charge in [0.05, 0.1) is 34.5 Å². The van der Waals surface area contributed by atoms with Gasteiger partial charge in [0.1, 0.15) is 23.3 Å². The molecule has 6 nitrogen and oxygen atoms in total. The summed E-state index contributed by atoms with van der Waals surface area (Å²) in [6.45, 7) is -0.781. The van der Waals surface area contributed by atoms with E-state index in [0.717, 1.165) is 43.0 Å². The molecule has 2 aromatic carbocycles. The Morgan fingerprint density at radius 3 is 2.17 bits per heavy atom. The Balaban J connectivity index is 1.98. The highest BCUT2D eigenvalue weighted by Crippen LogP contribution is 2.40. The molecular weight excluding hydrogens is 600 g/mol. The summed E-state index contributed by atoms with van der Waals surface area (Å²) >= 11 is 0. The summed E-state index contributed by atoms with van der Waals surface area (Å²) in [6, 6.07) is 6.86. The van der Waals surface area contributed by atoms with Crippen LogP contribution >= 0.6 is 0 Å². The van der Waals surface area contributed by atoms with Gasteiger partial charge >= 0.3 is 12.4 Å². The summed E-state index contributed by atoms with van der Waals surface area (Å²) in [5.41, 5.74) is -7.22. The molecule has 0 saturated carbocycles. The van der Waals surface area contributed by atoms with Crippen molar-refractivity contribution >= 4 is 9.35 Å². The van der Waals surface area contributed by atoms with Crippen molar-refractivity contribution in [2.24, 2.45) is 0 Å². The number of benzene rings is 2. The first-order valence-electron chi connectivity index (χ1n) is 11.5. The second-order valence-electron chi connectivity index (χ2n) is 9.76. The van der Waals surface area contributed by atoms with E-state index in [-0.39, 0.29) is 16.7 Å². The molecule has 2 heterocycles. The molecule has 4 rings (SSSR count). The maximum absolute atomic E-state index is 14.4. The minimum Gasteiger partial charge on any atom is -0.462 e. The van der Waals surface area contributed by atoms with Crippen molar-refractivity contribution in [1.82, 2.24) is 4.57 Å². The lowest BCUT2D eigenvalue weighted by molar-refractivity contribution is -0.138. The average Bonchev–Trinajstić information content (AvgIpc) is 3.34. The molecule has 0 unspecified atom stereocenters. The summed E-state index contributed by atoms with van der Waals surface area (Å²) in [7, 11) is -4.72. The molecule has 4 aromatic rings. The Morgan fingerprint density at radius 1 is 0.952 bits per heavy atom. The van der Waals surface area contributed by atoms with Gasteiger partial charge in [-0.25, -0.2) is 13.0 Å². The van der Waals surface area contributed by atoms with Crippen LogP contribution in [0.3, 0.4) is 0 Å². The Kier molecular flexibility index (Phi) is 7.24. The fourth-order valence-corrected chi connectivity index (χ4v) is 4.97. The predicted octanol–water partition coefficient (Wildman–Crippen LogP) is 6.92. The lowest BCUT2D eigenvalue weighted by Crippen LogP contribution is -2.29. The summed E-state index contributed by atoms with van der Waals surface area (Å²) in [4.78, 5) is 12.5. The third-order valence-electron chi connectivity index (χ3n) is 6.15. The lowest BCUT2D eigenvalue weighted by atomic mass is 10.0. The van der Waals surface area contributed by atoms with Crippen LogP contribution in [0, 0.1) is 23.0 Å². The number of hydrogen-bond acceptors (Lipinski definition) is 4. The zero-order valence-corrected chi connectivity index (χ0v) is 22.2. The largest absolute Gasteiger partial charge is 0.462 e. The van der Waals surface area contributed by atoms with Gasteiger partial charge < -0.3 is 4.42 Å². The number of alkyl halides is 6. The van der Waals surface area contributed by atoms with Crippen LogP contribution < -0.4 is 5.56 Å². The predicted molar refractivity (Wildman–Crippen MR) is 135 cm³/mol. The first kappa shape index (κ1) is 30.7. The van der Waals surface area contributed by atoms with E-state index in [2.05, 4.69) is 0 Å². The molecule has 0 aliphatic heterocycles. The molecule has 0 radical (unpaired) electrons. The fraction of sp³-hybridized carbons (Fsp3) is 0.185. The number of hydrogen-bond donors (Lipinski definition) is 1. The number of nitriles is 1. The van der Waals surface area contributed by atoms with Crippen molar-refractivity contribution in [1.29, 1.82) is 5.26 Å². The van der Waals surface area contributed by atoms with Crippen molar-refractivity contribution in [3.8, 4) is 28.7 Å². The number of rotatable bonds is 5. The number of furan rings is 1. The molecule has 1 N–H and O–H groups in total. The second kappa shape index (κ2) is 9.92. The maximum Gasteiger partial charge on any atom is 0.417 e. The van der Waals surface area contributed by atoms with Crippen LogP contribution in [0.25, 0.3) is 22.6 Å². The minimum atomic E-state index is -5.21. The quantitative estimate of drug-likeness (QED) is 0.245. The van der Waals surface area contributed by atoms with Gasteiger partial charge in [-0.3, -0.25) is 13.9 Å². The van der Waals surface area contributed by atoms with Crippen molar-refractivity contribution in [3.05, 3.63) is 99.0 Å². The zero-order chi connectivity index (χ0) is 31.4. The molecule has 0 atom stereocenters. The first-order chi connectivity index (χ1) is 19.2. The van der Waals surface area contributed by atoms with Crippen LogP contribution in [0.2, 0.25) is 0 Å². The molecule has 0 aliphatic carbocycles. The first-order valence-corrected chi connectivity index (χ1v) is 14.3. The van der Waals surface area contributed by atoms with E-state index in [1.54, 1.807) is 0 Å². The SMILES string of the molecule is CS(C)(=O)(O)c1cc(-c2coc(-c3cc(C(F)(F)F)c(C#N)c(=O)n3Cc3ccc(F)cc3F)c2)cc(C(F)(F)F)c1. The number of halogens is 8. The smallest absolute Gasteiger partial charge is 0.417 e. The van der Waals surface area contributed by atoms with E-state index in [1.807, 2.05) is 0 Å². The van der Waals surface area contributed by atoms with Gasteiger partial charge in [0.2, 0.25) is 0 Å². The van der Waals surface area contributed by atoms with Crippen molar-refractivity contribution in [3.63, 3.8) is 0 Å². The van der Waals surface area contributed by atoms with E-state index in [0.29, 0.717) is 28.8 Å². The van der Waals surface area contributed by atoms with Crippen LogP contribution in [0.15, 0.2) is 68.9 Å². The summed E-state index contributed by atoms with van der Waals surface area (Å²) in [5, 5.41) is 9.32. The molecule has 0 saturated heterocycles.